The number of rotatable bonds is 5. The number of fused-ring (bicyclic) bond motifs is 1. The van der Waals surface area contributed by atoms with E-state index in [1.807, 2.05) is 18.2 Å². The van der Waals surface area contributed by atoms with Gasteiger partial charge >= 0.3 is 5.76 Å². The Hall–Kier alpha value is -1.75. The van der Waals surface area contributed by atoms with Gasteiger partial charge in [-0.2, -0.15) is 0 Å². The average molecular weight is 249 g/mol. The lowest BCUT2D eigenvalue weighted by molar-refractivity contribution is 0.528. The van der Waals surface area contributed by atoms with Crippen molar-refractivity contribution >= 4 is 16.8 Å². The van der Waals surface area contributed by atoms with Crippen LogP contribution in [0.3, 0.4) is 0 Å². The van der Waals surface area contributed by atoms with Gasteiger partial charge in [-0.15, -0.1) is 0 Å². The lowest BCUT2D eigenvalue weighted by Gasteiger charge is -2.10. The van der Waals surface area contributed by atoms with Crippen LogP contribution in [0.1, 0.15) is 13.8 Å². The molecule has 0 aliphatic rings. The number of hydrogen-bond donors (Lipinski definition) is 2. The van der Waals surface area contributed by atoms with Crippen LogP contribution in [0.2, 0.25) is 0 Å². The summed E-state index contributed by atoms with van der Waals surface area (Å²) >= 11 is 0. The van der Waals surface area contributed by atoms with Crippen molar-refractivity contribution in [3.63, 3.8) is 0 Å². The molecule has 0 spiro atoms. The van der Waals surface area contributed by atoms with Crippen molar-refractivity contribution in [1.82, 2.24) is 9.88 Å². The Bertz CT molecular complexity index is 583. The minimum absolute atomic E-state index is 0.330. The Labute approximate surface area is 106 Å². The minimum Gasteiger partial charge on any atom is -0.408 e. The molecule has 0 radical (unpaired) electrons. The lowest BCUT2D eigenvalue weighted by Crippen LogP contribution is -2.28. The van der Waals surface area contributed by atoms with Crippen LogP contribution in [0.5, 0.6) is 0 Å². The van der Waals surface area contributed by atoms with Crippen molar-refractivity contribution in [2.75, 3.05) is 18.4 Å². The van der Waals surface area contributed by atoms with E-state index < -0.39 is 0 Å². The van der Waals surface area contributed by atoms with E-state index in [2.05, 4.69) is 24.5 Å². The number of hydrogen-bond acceptors (Lipinski definition) is 4. The molecule has 0 bridgehead atoms. The molecule has 18 heavy (non-hydrogen) atoms. The standard InChI is InChI=1S/C13H19N3O2/c1-9(2)14-6-7-15-10-4-5-12-11(8-10)16(3)13(17)18-12/h4-5,8-9,14-15H,6-7H2,1-3H3. The third-order valence-electron chi connectivity index (χ3n) is 2.80. The van der Waals surface area contributed by atoms with Crippen molar-refractivity contribution in [1.29, 1.82) is 0 Å². The average Bonchev–Trinajstić information content (AvgIpc) is 2.61. The third-order valence-corrected chi connectivity index (χ3v) is 2.80. The Morgan fingerprint density at radius 1 is 1.33 bits per heavy atom. The van der Waals surface area contributed by atoms with Crippen molar-refractivity contribution in [3.05, 3.63) is 28.7 Å². The molecule has 2 rings (SSSR count). The molecule has 1 aromatic heterocycles. The van der Waals surface area contributed by atoms with Crippen LogP contribution in [0, 0.1) is 0 Å². The summed E-state index contributed by atoms with van der Waals surface area (Å²) in [5.74, 6) is -0.330. The molecule has 1 heterocycles. The summed E-state index contributed by atoms with van der Waals surface area (Å²) in [7, 11) is 1.71. The molecule has 0 atom stereocenters. The molecule has 0 saturated carbocycles. The first kappa shape index (κ1) is 12.7. The number of aryl methyl sites for hydroxylation is 1. The number of nitrogens with zero attached hydrogens (tertiary/aromatic N) is 1. The van der Waals surface area contributed by atoms with E-state index >= 15 is 0 Å². The highest BCUT2D eigenvalue weighted by Gasteiger charge is 2.05. The van der Waals surface area contributed by atoms with Crippen molar-refractivity contribution in [3.8, 4) is 0 Å². The van der Waals surface area contributed by atoms with Crippen LogP contribution in [0.15, 0.2) is 27.4 Å². The minimum atomic E-state index is -0.330. The molecule has 0 amide bonds. The van der Waals surface area contributed by atoms with Gasteiger partial charge in [0.05, 0.1) is 5.52 Å². The summed E-state index contributed by atoms with van der Waals surface area (Å²) in [6.07, 6.45) is 0. The topological polar surface area (TPSA) is 59.2 Å². The van der Waals surface area contributed by atoms with Crippen LogP contribution in [-0.4, -0.2) is 23.7 Å². The van der Waals surface area contributed by atoms with Gasteiger partial charge in [0.15, 0.2) is 5.58 Å². The van der Waals surface area contributed by atoms with Gasteiger partial charge in [-0.25, -0.2) is 4.79 Å². The summed E-state index contributed by atoms with van der Waals surface area (Å²) in [6, 6.07) is 6.15. The molecule has 2 aromatic rings. The first-order valence-corrected chi connectivity index (χ1v) is 6.15. The number of anilines is 1. The smallest absolute Gasteiger partial charge is 0.408 e. The molecule has 0 fully saturated rings. The van der Waals surface area contributed by atoms with Gasteiger partial charge in [0.1, 0.15) is 0 Å². The maximum Gasteiger partial charge on any atom is 0.419 e. The van der Waals surface area contributed by atoms with Crippen LogP contribution in [-0.2, 0) is 7.05 Å². The molecule has 0 unspecified atom stereocenters. The van der Waals surface area contributed by atoms with E-state index in [4.69, 9.17) is 4.42 Å². The largest absolute Gasteiger partial charge is 0.419 e. The third kappa shape index (κ3) is 2.73. The molecule has 0 saturated heterocycles. The quantitative estimate of drug-likeness (QED) is 0.789. The maximum absolute atomic E-state index is 11.4. The second-order valence-electron chi connectivity index (χ2n) is 4.65. The van der Waals surface area contributed by atoms with Gasteiger partial charge in [0.2, 0.25) is 0 Å². The first-order chi connectivity index (χ1) is 8.58. The first-order valence-electron chi connectivity index (χ1n) is 6.15. The van der Waals surface area contributed by atoms with Crippen LogP contribution in [0.4, 0.5) is 5.69 Å². The van der Waals surface area contributed by atoms with E-state index in [-0.39, 0.29) is 5.76 Å². The summed E-state index contributed by atoms with van der Waals surface area (Å²) in [5.41, 5.74) is 2.42. The molecule has 1 aromatic carbocycles. The Kier molecular flexibility index (Phi) is 3.72. The summed E-state index contributed by atoms with van der Waals surface area (Å²) < 4.78 is 6.58. The highest BCUT2D eigenvalue weighted by molar-refractivity contribution is 5.77. The van der Waals surface area contributed by atoms with Crippen molar-refractivity contribution in [2.24, 2.45) is 7.05 Å². The molecule has 0 aliphatic carbocycles. The van der Waals surface area contributed by atoms with Gasteiger partial charge in [0, 0.05) is 31.9 Å². The number of nitrogens with one attached hydrogen (secondary N) is 2. The summed E-state index contributed by atoms with van der Waals surface area (Å²) in [5, 5.41) is 6.64. The fourth-order valence-electron chi connectivity index (χ4n) is 1.80. The van der Waals surface area contributed by atoms with Gasteiger partial charge in [0.25, 0.3) is 0 Å². The van der Waals surface area contributed by atoms with Gasteiger partial charge in [-0.3, -0.25) is 4.57 Å². The summed E-state index contributed by atoms with van der Waals surface area (Å²) in [6.45, 7) is 5.98. The Balaban J connectivity index is 2.06. The maximum atomic E-state index is 11.4. The predicted octanol–water partition coefficient (Wildman–Crippen LogP) is 1.54. The molecule has 5 heteroatoms. The van der Waals surface area contributed by atoms with E-state index in [1.54, 1.807) is 7.05 Å². The lowest BCUT2D eigenvalue weighted by atomic mass is 10.3. The molecule has 2 N–H and O–H groups in total. The highest BCUT2D eigenvalue weighted by atomic mass is 16.4. The zero-order valence-corrected chi connectivity index (χ0v) is 11.0. The summed E-state index contributed by atoms with van der Waals surface area (Å²) in [4.78, 5) is 11.4. The zero-order chi connectivity index (χ0) is 13.1. The van der Waals surface area contributed by atoms with E-state index in [9.17, 15) is 4.79 Å². The van der Waals surface area contributed by atoms with E-state index in [0.717, 1.165) is 24.3 Å². The van der Waals surface area contributed by atoms with E-state index in [0.29, 0.717) is 11.6 Å². The predicted molar refractivity (Wildman–Crippen MR) is 73.1 cm³/mol. The molecular formula is C13H19N3O2. The Morgan fingerprint density at radius 3 is 2.83 bits per heavy atom. The number of aromatic nitrogens is 1. The van der Waals surface area contributed by atoms with Gasteiger partial charge < -0.3 is 15.1 Å². The van der Waals surface area contributed by atoms with Crippen molar-refractivity contribution in [2.45, 2.75) is 19.9 Å². The van der Waals surface area contributed by atoms with Crippen molar-refractivity contribution < 1.29 is 4.42 Å². The van der Waals surface area contributed by atoms with Gasteiger partial charge in [-0.05, 0) is 18.2 Å². The number of oxazole rings is 1. The number of benzene rings is 1. The second kappa shape index (κ2) is 5.27. The SMILES string of the molecule is CC(C)NCCNc1ccc2oc(=O)n(C)c2c1. The highest BCUT2D eigenvalue weighted by Crippen LogP contribution is 2.17. The van der Waals surface area contributed by atoms with Crippen LogP contribution >= 0.6 is 0 Å². The zero-order valence-electron chi connectivity index (χ0n) is 11.0. The molecule has 98 valence electrons. The molecule has 5 nitrogen and oxygen atoms in total. The van der Waals surface area contributed by atoms with Crippen LogP contribution in [0.25, 0.3) is 11.1 Å². The fraction of sp³-hybridized carbons (Fsp3) is 0.462. The Morgan fingerprint density at radius 2 is 2.11 bits per heavy atom. The van der Waals surface area contributed by atoms with E-state index in [1.165, 1.54) is 4.57 Å². The van der Waals surface area contributed by atoms with Gasteiger partial charge in [-0.1, -0.05) is 13.8 Å². The second-order valence-corrected chi connectivity index (χ2v) is 4.65. The normalized spacial score (nSPS) is 11.3. The molecule has 0 aliphatic heterocycles. The fourth-order valence-corrected chi connectivity index (χ4v) is 1.80. The molecular weight excluding hydrogens is 230 g/mol. The monoisotopic (exact) mass is 249 g/mol. The van der Waals surface area contributed by atoms with Crippen LogP contribution < -0.4 is 16.4 Å².